The predicted octanol–water partition coefficient (Wildman–Crippen LogP) is 3.24. The second-order valence-electron chi connectivity index (χ2n) is 5.25. The Bertz CT molecular complexity index is 800. The van der Waals surface area contributed by atoms with Crippen LogP contribution >= 0.6 is 12.2 Å². The summed E-state index contributed by atoms with van der Waals surface area (Å²) >= 11 is 5.24. The van der Waals surface area contributed by atoms with Gasteiger partial charge in [-0.2, -0.15) is 0 Å². The molecule has 144 valence electrons. The molecule has 0 aliphatic heterocycles. The highest BCUT2D eigenvalue weighted by atomic mass is 32.1. The molecule has 0 atom stereocenters. The highest BCUT2D eigenvalue weighted by Crippen LogP contribution is 2.38. The molecule has 0 aliphatic carbocycles. The summed E-state index contributed by atoms with van der Waals surface area (Å²) in [4.78, 5) is 12.6. The van der Waals surface area contributed by atoms with Gasteiger partial charge in [-0.1, -0.05) is 12.1 Å². The van der Waals surface area contributed by atoms with E-state index in [1.54, 1.807) is 12.1 Å². The van der Waals surface area contributed by atoms with Gasteiger partial charge < -0.3 is 24.3 Å². The number of nitrogens with one attached hydrogen (secondary N) is 2. The molecule has 2 aromatic rings. The standard InChI is InChI=1S/C19H22N2O5S/c1-5-26-14-9-7-6-8-13(14)20-19(27)21-18(22)12-10-15(23-2)17(25-4)16(11-12)24-3/h6-11H,5H2,1-4H3,(H2,20,21,22,27). The van der Waals surface area contributed by atoms with Crippen LogP contribution in [-0.2, 0) is 0 Å². The predicted molar refractivity (Wildman–Crippen MR) is 107 cm³/mol. The largest absolute Gasteiger partial charge is 0.493 e. The fourth-order valence-corrected chi connectivity index (χ4v) is 2.59. The Labute approximate surface area is 163 Å². The van der Waals surface area contributed by atoms with Gasteiger partial charge in [0.05, 0.1) is 33.6 Å². The summed E-state index contributed by atoms with van der Waals surface area (Å²) in [7, 11) is 4.46. The summed E-state index contributed by atoms with van der Waals surface area (Å²) in [6, 6.07) is 10.4. The number of ether oxygens (including phenoxy) is 4. The molecule has 0 spiro atoms. The van der Waals surface area contributed by atoms with E-state index < -0.39 is 5.91 Å². The van der Waals surface area contributed by atoms with Crippen LogP contribution in [0, 0.1) is 0 Å². The summed E-state index contributed by atoms with van der Waals surface area (Å²) in [6.07, 6.45) is 0. The maximum absolute atomic E-state index is 12.6. The lowest BCUT2D eigenvalue weighted by atomic mass is 10.1. The molecule has 0 saturated carbocycles. The number of carbonyl (C=O) groups is 1. The quantitative estimate of drug-likeness (QED) is 0.703. The third kappa shape index (κ3) is 5.01. The number of para-hydroxylation sites is 2. The monoisotopic (exact) mass is 390 g/mol. The second kappa shape index (κ2) is 9.63. The Morgan fingerprint density at radius 3 is 2.19 bits per heavy atom. The van der Waals surface area contributed by atoms with Crippen molar-refractivity contribution in [2.45, 2.75) is 6.92 Å². The Morgan fingerprint density at radius 1 is 1.00 bits per heavy atom. The average Bonchev–Trinajstić information content (AvgIpc) is 2.68. The lowest BCUT2D eigenvalue weighted by Crippen LogP contribution is -2.34. The summed E-state index contributed by atoms with van der Waals surface area (Å²) in [5, 5.41) is 5.73. The fraction of sp³-hybridized carbons (Fsp3) is 0.263. The van der Waals surface area contributed by atoms with Crippen molar-refractivity contribution in [3.05, 3.63) is 42.0 Å². The van der Waals surface area contributed by atoms with Gasteiger partial charge in [0.1, 0.15) is 5.75 Å². The van der Waals surface area contributed by atoms with Gasteiger partial charge in [0, 0.05) is 5.56 Å². The van der Waals surface area contributed by atoms with Crippen molar-refractivity contribution >= 4 is 28.9 Å². The minimum Gasteiger partial charge on any atom is -0.493 e. The first kappa shape index (κ1) is 20.3. The third-order valence-electron chi connectivity index (χ3n) is 3.59. The molecule has 0 saturated heterocycles. The molecule has 0 fully saturated rings. The van der Waals surface area contributed by atoms with Crippen LogP contribution in [0.25, 0.3) is 0 Å². The number of amides is 1. The molecule has 0 bridgehead atoms. The zero-order valence-corrected chi connectivity index (χ0v) is 16.4. The normalized spacial score (nSPS) is 9.93. The first-order chi connectivity index (χ1) is 13.0. The topological polar surface area (TPSA) is 78.1 Å². The molecule has 0 aromatic heterocycles. The molecule has 1 amide bonds. The van der Waals surface area contributed by atoms with Gasteiger partial charge in [0.15, 0.2) is 16.6 Å². The van der Waals surface area contributed by atoms with Crippen molar-refractivity contribution in [3.8, 4) is 23.0 Å². The first-order valence-electron chi connectivity index (χ1n) is 8.18. The van der Waals surface area contributed by atoms with E-state index in [1.807, 2.05) is 31.2 Å². The van der Waals surface area contributed by atoms with Crippen LogP contribution in [0.4, 0.5) is 5.69 Å². The Kier molecular flexibility index (Phi) is 7.25. The molecule has 0 radical (unpaired) electrons. The van der Waals surface area contributed by atoms with Crippen LogP contribution in [0.2, 0.25) is 0 Å². The smallest absolute Gasteiger partial charge is 0.257 e. The number of thiocarbonyl (C=S) groups is 1. The highest BCUT2D eigenvalue weighted by molar-refractivity contribution is 7.80. The van der Waals surface area contributed by atoms with E-state index in [9.17, 15) is 4.79 Å². The van der Waals surface area contributed by atoms with Crippen molar-refractivity contribution in [2.75, 3.05) is 33.3 Å². The summed E-state index contributed by atoms with van der Waals surface area (Å²) in [5.41, 5.74) is 0.973. The minimum atomic E-state index is -0.416. The van der Waals surface area contributed by atoms with Gasteiger partial charge in [-0.15, -0.1) is 0 Å². The van der Waals surface area contributed by atoms with Crippen molar-refractivity contribution in [1.82, 2.24) is 5.32 Å². The number of anilines is 1. The summed E-state index contributed by atoms with van der Waals surface area (Å²) in [6.45, 7) is 2.41. The van der Waals surface area contributed by atoms with E-state index in [0.29, 0.717) is 40.9 Å². The van der Waals surface area contributed by atoms with Gasteiger partial charge in [-0.25, -0.2) is 0 Å². The molecule has 0 aliphatic rings. The van der Waals surface area contributed by atoms with Crippen LogP contribution in [0.1, 0.15) is 17.3 Å². The number of benzene rings is 2. The van der Waals surface area contributed by atoms with Crippen LogP contribution in [-0.4, -0.2) is 39.0 Å². The van der Waals surface area contributed by atoms with Crippen molar-refractivity contribution in [1.29, 1.82) is 0 Å². The maximum Gasteiger partial charge on any atom is 0.257 e. The highest BCUT2D eigenvalue weighted by Gasteiger charge is 2.18. The Morgan fingerprint density at radius 2 is 1.63 bits per heavy atom. The zero-order valence-electron chi connectivity index (χ0n) is 15.6. The Balaban J connectivity index is 2.16. The third-order valence-corrected chi connectivity index (χ3v) is 3.79. The number of carbonyl (C=O) groups excluding carboxylic acids is 1. The van der Waals surface area contributed by atoms with Crippen LogP contribution < -0.4 is 29.6 Å². The van der Waals surface area contributed by atoms with Crippen LogP contribution in [0.5, 0.6) is 23.0 Å². The molecule has 2 N–H and O–H groups in total. The molecule has 2 aromatic carbocycles. The number of hydrogen-bond acceptors (Lipinski definition) is 6. The van der Waals surface area contributed by atoms with Gasteiger partial charge in [-0.3, -0.25) is 10.1 Å². The molecular weight excluding hydrogens is 368 g/mol. The van der Waals surface area contributed by atoms with E-state index in [-0.39, 0.29) is 5.11 Å². The van der Waals surface area contributed by atoms with Crippen molar-refractivity contribution < 1.29 is 23.7 Å². The number of methoxy groups -OCH3 is 3. The minimum absolute atomic E-state index is 0.140. The lowest BCUT2D eigenvalue weighted by molar-refractivity contribution is 0.0977. The number of rotatable bonds is 7. The van der Waals surface area contributed by atoms with Crippen LogP contribution in [0.3, 0.4) is 0 Å². The molecule has 27 heavy (non-hydrogen) atoms. The van der Waals surface area contributed by atoms with Gasteiger partial charge in [0.2, 0.25) is 5.75 Å². The maximum atomic E-state index is 12.6. The number of hydrogen-bond donors (Lipinski definition) is 2. The van der Waals surface area contributed by atoms with Crippen LogP contribution in [0.15, 0.2) is 36.4 Å². The molecule has 7 nitrogen and oxygen atoms in total. The Hall–Kier alpha value is -3.00. The van der Waals surface area contributed by atoms with Crippen molar-refractivity contribution in [2.24, 2.45) is 0 Å². The van der Waals surface area contributed by atoms with E-state index in [4.69, 9.17) is 31.2 Å². The molecule has 2 rings (SSSR count). The van der Waals surface area contributed by atoms with Gasteiger partial charge >= 0.3 is 0 Å². The first-order valence-corrected chi connectivity index (χ1v) is 8.59. The molecule has 8 heteroatoms. The van der Waals surface area contributed by atoms with E-state index in [1.165, 1.54) is 21.3 Å². The SMILES string of the molecule is CCOc1ccccc1NC(=S)NC(=O)c1cc(OC)c(OC)c(OC)c1. The van der Waals surface area contributed by atoms with E-state index in [2.05, 4.69) is 10.6 Å². The summed E-state index contributed by atoms with van der Waals surface area (Å²) < 4.78 is 21.3. The summed E-state index contributed by atoms with van der Waals surface area (Å²) in [5.74, 6) is 1.39. The second-order valence-corrected chi connectivity index (χ2v) is 5.66. The van der Waals surface area contributed by atoms with Crippen molar-refractivity contribution in [3.63, 3.8) is 0 Å². The fourth-order valence-electron chi connectivity index (χ4n) is 2.39. The average molecular weight is 390 g/mol. The van der Waals surface area contributed by atoms with Gasteiger partial charge in [0.25, 0.3) is 5.91 Å². The van der Waals surface area contributed by atoms with E-state index in [0.717, 1.165) is 0 Å². The molecule has 0 unspecified atom stereocenters. The zero-order chi connectivity index (χ0) is 19.8. The lowest BCUT2D eigenvalue weighted by Gasteiger charge is -2.15. The molecular formula is C19H22N2O5S. The molecule has 0 heterocycles. The van der Waals surface area contributed by atoms with Gasteiger partial charge in [-0.05, 0) is 43.4 Å². The van der Waals surface area contributed by atoms with E-state index >= 15 is 0 Å².